The minimum Gasteiger partial charge on any atom is -0.350 e. The lowest BCUT2D eigenvalue weighted by molar-refractivity contribution is -0.136. The second kappa shape index (κ2) is 6.96. The molecule has 2 amide bonds. The van der Waals surface area contributed by atoms with Crippen LogP contribution >= 0.6 is 0 Å². The van der Waals surface area contributed by atoms with E-state index in [0.29, 0.717) is 5.56 Å². The van der Waals surface area contributed by atoms with E-state index in [2.05, 4.69) is 11.9 Å². The molecule has 0 atom stereocenters. The van der Waals surface area contributed by atoms with E-state index < -0.39 is 17.6 Å². The lowest BCUT2D eigenvalue weighted by atomic mass is 10.0. The predicted octanol–water partition coefficient (Wildman–Crippen LogP) is 3.82. The molecule has 132 valence electrons. The molecule has 1 heterocycles. The third kappa shape index (κ3) is 3.16. The van der Waals surface area contributed by atoms with Gasteiger partial charge in [0.2, 0.25) is 0 Å². The van der Waals surface area contributed by atoms with Gasteiger partial charge < -0.3 is 5.32 Å². The van der Waals surface area contributed by atoms with Gasteiger partial charge in [0.05, 0.1) is 5.57 Å². The Kier molecular flexibility index (Phi) is 4.71. The summed E-state index contributed by atoms with van der Waals surface area (Å²) < 4.78 is 13.3. The van der Waals surface area contributed by atoms with Crippen LogP contribution in [-0.4, -0.2) is 23.3 Å². The van der Waals surface area contributed by atoms with Gasteiger partial charge in [-0.25, -0.2) is 4.39 Å². The van der Waals surface area contributed by atoms with Crippen molar-refractivity contribution >= 4 is 23.1 Å². The summed E-state index contributed by atoms with van der Waals surface area (Å²) in [6.45, 7) is 7.58. The first-order valence-electron chi connectivity index (χ1n) is 8.24. The molecule has 0 saturated heterocycles. The van der Waals surface area contributed by atoms with E-state index >= 15 is 0 Å². The molecule has 0 aromatic heterocycles. The van der Waals surface area contributed by atoms with Crippen molar-refractivity contribution in [2.45, 2.75) is 13.8 Å². The quantitative estimate of drug-likeness (QED) is 0.659. The SMILES string of the molecule is C=CCN1C(=O)C(Nc2cc(C)ccc2C)=C(c2ccc(F)cc2)C1=O. The van der Waals surface area contributed by atoms with E-state index in [1.165, 1.54) is 30.3 Å². The van der Waals surface area contributed by atoms with Gasteiger partial charge in [-0.15, -0.1) is 6.58 Å². The second-order valence-corrected chi connectivity index (χ2v) is 6.21. The number of carbonyl (C=O) groups excluding carboxylic acids is 2. The summed E-state index contributed by atoms with van der Waals surface area (Å²) in [7, 11) is 0. The predicted molar refractivity (Wildman–Crippen MR) is 99.8 cm³/mol. The fraction of sp³-hybridized carbons (Fsp3) is 0.143. The van der Waals surface area contributed by atoms with Crippen molar-refractivity contribution in [2.75, 3.05) is 11.9 Å². The maximum Gasteiger partial charge on any atom is 0.278 e. The van der Waals surface area contributed by atoms with Crippen LogP contribution in [0.15, 0.2) is 60.8 Å². The van der Waals surface area contributed by atoms with Crippen LogP contribution in [0.1, 0.15) is 16.7 Å². The maximum absolute atomic E-state index is 13.3. The molecule has 5 heteroatoms. The number of amides is 2. The van der Waals surface area contributed by atoms with Gasteiger partial charge in [-0.3, -0.25) is 14.5 Å². The molecule has 0 radical (unpaired) electrons. The summed E-state index contributed by atoms with van der Waals surface area (Å²) in [6.07, 6.45) is 1.50. The molecule has 0 spiro atoms. The van der Waals surface area contributed by atoms with Gasteiger partial charge in [-0.05, 0) is 48.7 Å². The Balaban J connectivity index is 2.12. The monoisotopic (exact) mass is 350 g/mol. The standard InChI is InChI=1S/C21H19FN2O2/c1-4-11-24-20(25)18(15-7-9-16(22)10-8-15)19(21(24)26)23-17-12-13(2)5-6-14(17)3/h4-10,12,23H,1,11H2,2-3H3. The highest BCUT2D eigenvalue weighted by atomic mass is 19.1. The van der Waals surface area contributed by atoms with Crippen LogP contribution in [0.25, 0.3) is 5.57 Å². The largest absolute Gasteiger partial charge is 0.350 e. The van der Waals surface area contributed by atoms with E-state index in [4.69, 9.17) is 0 Å². The van der Waals surface area contributed by atoms with E-state index in [1.807, 2.05) is 32.0 Å². The molecule has 1 aliphatic heterocycles. The fourth-order valence-corrected chi connectivity index (χ4v) is 2.88. The Morgan fingerprint density at radius 2 is 1.77 bits per heavy atom. The Bertz CT molecular complexity index is 930. The van der Waals surface area contributed by atoms with E-state index in [-0.39, 0.29) is 17.8 Å². The average Bonchev–Trinajstić information content (AvgIpc) is 2.84. The van der Waals surface area contributed by atoms with Crippen LogP contribution in [0.4, 0.5) is 10.1 Å². The van der Waals surface area contributed by atoms with Crippen molar-refractivity contribution in [3.05, 3.63) is 83.3 Å². The first kappa shape index (κ1) is 17.6. The zero-order valence-electron chi connectivity index (χ0n) is 14.7. The number of nitrogens with one attached hydrogen (secondary N) is 1. The van der Waals surface area contributed by atoms with Gasteiger partial charge in [0.1, 0.15) is 11.5 Å². The molecule has 3 rings (SSSR count). The van der Waals surface area contributed by atoms with Gasteiger partial charge in [-0.2, -0.15) is 0 Å². The number of imide groups is 1. The van der Waals surface area contributed by atoms with E-state index in [9.17, 15) is 14.0 Å². The number of hydrogen-bond acceptors (Lipinski definition) is 3. The van der Waals surface area contributed by atoms with Crippen molar-refractivity contribution in [1.82, 2.24) is 4.90 Å². The highest BCUT2D eigenvalue weighted by Crippen LogP contribution is 2.31. The van der Waals surface area contributed by atoms with E-state index in [0.717, 1.165) is 21.7 Å². The Morgan fingerprint density at radius 1 is 1.08 bits per heavy atom. The van der Waals surface area contributed by atoms with Crippen LogP contribution in [0.2, 0.25) is 0 Å². The Labute approximate surface area is 151 Å². The topological polar surface area (TPSA) is 49.4 Å². The van der Waals surface area contributed by atoms with Crippen molar-refractivity contribution in [3.8, 4) is 0 Å². The van der Waals surface area contributed by atoms with Crippen molar-refractivity contribution in [2.24, 2.45) is 0 Å². The number of anilines is 1. The molecule has 0 bridgehead atoms. The normalized spacial score (nSPS) is 14.2. The van der Waals surface area contributed by atoms with Crippen LogP contribution in [-0.2, 0) is 9.59 Å². The number of aryl methyl sites for hydroxylation is 2. The van der Waals surface area contributed by atoms with Gasteiger partial charge in [0.15, 0.2) is 0 Å². The van der Waals surface area contributed by atoms with Gasteiger partial charge in [0.25, 0.3) is 11.8 Å². The molecular formula is C21H19FN2O2. The molecule has 2 aromatic carbocycles. The third-order valence-corrected chi connectivity index (χ3v) is 4.27. The van der Waals surface area contributed by atoms with E-state index in [1.54, 1.807) is 0 Å². The molecule has 0 aliphatic carbocycles. The average molecular weight is 350 g/mol. The van der Waals surface area contributed by atoms with Crippen LogP contribution in [0.3, 0.4) is 0 Å². The molecule has 1 N–H and O–H groups in total. The highest BCUT2D eigenvalue weighted by Gasteiger charge is 2.38. The maximum atomic E-state index is 13.3. The Morgan fingerprint density at radius 3 is 2.42 bits per heavy atom. The van der Waals surface area contributed by atoms with Crippen molar-refractivity contribution in [3.63, 3.8) is 0 Å². The molecule has 0 unspecified atom stereocenters. The minimum absolute atomic E-state index is 0.111. The summed E-state index contributed by atoms with van der Waals surface area (Å²) >= 11 is 0. The summed E-state index contributed by atoms with van der Waals surface area (Å²) in [4.78, 5) is 26.8. The number of hydrogen-bond donors (Lipinski definition) is 1. The zero-order valence-corrected chi connectivity index (χ0v) is 14.7. The molecule has 1 aliphatic rings. The first-order chi connectivity index (χ1) is 12.4. The number of nitrogens with zero attached hydrogens (tertiary/aromatic N) is 1. The highest BCUT2D eigenvalue weighted by molar-refractivity contribution is 6.36. The number of halogens is 1. The van der Waals surface area contributed by atoms with Gasteiger partial charge in [0, 0.05) is 12.2 Å². The molecule has 2 aromatic rings. The Hall–Kier alpha value is -3.21. The lowest BCUT2D eigenvalue weighted by Gasteiger charge is -2.13. The smallest absolute Gasteiger partial charge is 0.278 e. The third-order valence-electron chi connectivity index (χ3n) is 4.27. The summed E-state index contributed by atoms with van der Waals surface area (Å²) in [5, 5.41) is 3.12. The lowest BCUT2D eigenvalue weighted by Crippen LogP contribution is -2.32. The first-order valence-corrected chi connectivity index (χ1v) is 8.24. The molecule has 4 nitrogen and oxygen atoms in total. The molecule has 0 saturated carbocycles. The zero-order chi connectivity index (χ0) is 18.8. The second-order valence-electron chi connectivity index (χ2n) is 6.21. The summed E-state index contributed by atoms with van der Waals surface area (Å²) in [5.74, 6) is -1.25. The van der Waals surface area contributed by atoms with Crippen molar-refractivity contribution in [1.29, 1.82) is 0 Å². The summed E-state index contributed by atoms with van der Waals surface area (Å²) in [5.41, 5.74) is 3.64. The summed E-state index contributed by atoms with van der Waals surface area (Å²) in [6, 6.07) is 11.4. The van der Waals surface area contributed by atoms with Crippen LogP contribution < -0.4 is 5.32 Å². The molecular weight excluding hydrogens is 331 g/mol. The minimum atomic E-state index is -0.422. The van der Waals surface area contributed by atoms with Crippen LogP contribution in [0.5, 0.6) is 0 Å². The van der Waals surface area contributed by atoms with Crippen molar-refractivity contribution < 1.29 is 14.0 Å². The van der Waals surface area contributed by atoms with Crippen LogP contribution in [0, 0.1) is 19.7 Å². The molecule has 26 heavy (non-hydrogen) atoms. The molecule has 0 fully saturated rings. The fourth-order valence-electron chi connectivity index (χ4n) is 2.88. The number of carbonyl (C=O) groups is 2. The van der Waals surface area contributed by atoms with Gasteiger partial charge in [-0.1, -0.05) is 30.3 Å². The van der Waals surface area contributed by atoms with Gasteiger partial charge >= 0.3 is 0 Å². The number of benzene rings is 2. The number of rotatable bonds is 5.